The molecule has 130 valence electrons. The molecule has 0 aliphatic carbocycles. The highest BCUT2D eigenvalue weighted by molar-refractivity contribution is 5.68. The zero-order valence-corrected chi connectivity index (χ0v) is 13.4. The number of aromatic nitrogens is 2. The van der Waals surface area contributed by atoms with Crippen molar-refractivity contribution in [3.63, 3.8) is 0 Å². The van der Waals surface area contributed by atoms with Crippen molar-refractivity contribution in [1.82, 2.24) is 9.78 Å². The zero-order chi connectivity index (χ0) is 18.1. The first kappa shape index (κ1) is 16.3. The Labute approximate surface area is 147 Å². The molecule has 0 spiro atoms. The van der Waals surface area contributed by atoms with Crippen molar-refractivity contribution in [2.24, 2.45) is 10.2 Å². The van der Waals surface area contributed by atoms with E-state index in [2.05, 4.69) is 15.3 Å². The van der Waals surface area contributed by atoms with Gasteiger partial charge in [-0.2, -0.15) is 14.6 Å². The van der Waals surface area contributed by atoms with Crippen LogP contribution in [0.1, 0.15) is 5.69 Å². The Bertz CT molecular complexity index is 981. The van der Waals surface area contributed by atoms with Gasteiger partial charge in [-0.15, -0.1) is 5.11 Å². The van der Waals surface area contributed by atoms with Gasteiger partial charge in [0, 0.05) is 17.8 Å². The fourth-order valence-electron chi connectivity index (χ4n) is 2.91. The van der Waals surface area contributed by atoms with Crippen LogP contribution in [0.3, 0.4) is 0 Å². The first-order valence-corrected chi connectivity index (χ1v) is 7.90. The lowest BCUT2D eigenvalue weighted by Crippen LogP contribution is -2.30. The molecule has 0 N–H and O–H groups in total. The third kappa shape index (κ3) is 2.61. The molecular weight excluding hydrogens is 341 g/mol. The predicted molar refractivity (Wildman–Crippen MR) is 90.7 cm³/mol. The Morgan fingerprint density at radius 3 is 2.15 bits per heavy atom. The van der Waals surface area contributed by atoms with Gasteiger partial charge in [0.05, 0.1) is 5.69 Å². The van der Waals surface area contributed by atoms with Crippen LogP contribution in [0.5, 0.6) is 0 Å². The van der Waals surface area contributed by atoms with Crippen LogP contribution in [0.2, 0.25) is 0 Å². The number of azo groups is 1. The van der Waals surface area contributed by atoms with Crippen molar-refractivity contribution < 1.29 is 13.2 Å². The summed E-state index contributed by atoms with van der Waals surface area (Å²) in [5, 5.41) is 11.1. The molecule has 1 unspecified atom stereocenters. The van der Waals surface area contributed by atoms with Crippen LogP contribution in [-0.2, 0) is 5.54 Å². The molecule has 2 aromatic carbocycles. The summed E-state index contributed by atoms with van der Waals surface area (Å²) < 4.78 is 42.9. The lowest BCUT2D eigenvalue weighted by molar-refractivity contribution is 0.0765. The van der Waals surface area contributed by atoms with Crippen molar-refractivity contribution >= 4 is 0 Å². The highest BCUT2D eigenvalue weighted by Gasteiger charge is 2.48. The average molecular weight is 354 g/mol. The molecule has 26 heavy (non-hydrogen) atoms. The molecule has 0 radical (unpaired) electrons. The summed E-state index contributed by atoms with van der Waals surface area (Å²) >= 11 is 0. The first-order valence-electron chi connectivity index (χ1n) is 7.90. The number of rotatable bonds is 4. The summed E-state index contributed by atoms with van der Waals surface area (Å²) in [5.74, 6) is -1.04. The third-order valence-corrected chi connectivity index (χ3v) is 4.18. The number of hydrogen-bond donors (Lipinski definition) is 0. The summed E-state index contributed by atoms with van der Waals surface area (Å²) in [6.45, 7) is 0. The minimum absolute atomic E-state index is 0.0426. The minimum atomic E-state index is -3.00. The number of benzene rings is 2. The number of hydrogen-bond acceptors (Lipinski definition) is 3. The minimum Gasteiger partial charge on any atom is -0.240 e. The summed E-state index contributed by atoms with van der Waals surface area (Å²) in [6.07, 6.45) is -0.632. The van der Waals surface area contributed by atoms with E-state index in [1.807, 2.05) is 24.3 Å². The van der Waals surface area contributed by atoms with Crippen LogP contribution >= 0.6 is 0 Å². The molecule has 1 aliphatic heterocycles. The maximum atomic E-state index is 13.9. The number of halogens is 3. The molecular formula is C19H13F3N4. The lowest BCUT2D eigenvalue weighted by Gasteiger charge is -2.20. The van der Waals surface area contributed by atoms with Crippen LogP contribution in [0, 0.1) is 0 Å². The van der Waals surface area contributed by atoms with E-state index in [0.29, 0.717) is 16.8 Å². The van der Waals surface area contributed by atoms with E-state index in [-0.39, 0.29) is 5.69 Å². The smallest absolute Gasteiger partial charge is 0.240 e. The molecule has 4 rings (SSSR count). The molecule has 2 heterocycles. The Morgan fingerprint density at radius 1 is 0.923 bits per heavy atom. The van der Waals surface area contributed by atoms with Crippen LogP contribution in [0.25, 0.3) is 16.8 Å². The molecule has 0 bridgehead atoms. The summed E-state index contributed by atoms with van der Waals surface area (Å²) in [4.78, 5) is 0. The Hall–Kier alpha value is -3.22. The molecule has 0 saturated carbocycles. The molecule has 4 nitrogen and oxygen atoms in total. The van der Waals surface area contributed by atoms with Crippen LogP contribution < -0.4 is 0 Å². The topological polar surface area (TPSA) is 42.5 Å². The molecule has 3 aromatic rings. The van der Waals surface area contributed by atoms with Gasteiger partial charge >= 0.3 is 0 Å². The Morgan fingerprint density at radius 2 is 1.58 bits per heavy atom. The second kappa shape index (κ2) is 6.25. The van der Waals surface area contributed by atoms with Crippen molar-refractivity contribution in [3.8, 4) is 16.8 Å². The fourth-order valence-corrected chi connectivity index (χ4v) is 2.91. The molecule has 1 atom stereocenters. The highest BCUT2D eigenvalue weighted by atomic mass is 19.3. The van der Waals surface area contributed by atoms with Gasteiger partial charge in [-0.3, -0.25) is 0 Å². The molecule has 0 saturated heterocycles. The Balaban J connectivity index is 1.96. The van der Waals surface area contributed by atoms with E-state index >= 15 is 0 Å². The highest BCUT2D eigenvalue weighted by Crippen LogP contribution is 2.43. The molecule has 1 aromatic heterocycles. The van der Waals surface area contributed by atoms with Gasteiger partial charge in [0.1, 0.15) is 5.69 Å². The largest absolute Gasteiger partial charge is 0.274 e. The average Bonchev–Trinajstić information content (AvgIpc) is 3.28. The van der Waals surface area contributed by atoms with E-state index in [4.69, 9.17) is 0 Å². The van der Waals surface area contributed by atoms with E-state index in [9.17, 15) is 13.2 Å². The van der Waals surface area contributed by atoms with Crippen LogP contribution in [-0.4, -0.2) is 16.2 Å². The predicted octanol–water partition coefficient (Wildman–Crippen LogP) is 5.28. The van der Waals surface area contributed by atoms with Crippen molar-refractivity contribution in [2.75, 3.05) is 0 Å². The van der Waals surface area contributed by atoms with Crippen molar-refractivity contribution in [2.45, 2.75) is 12.0 Å². The van der Waals surface area contributed by atoms with Crippen LogP contribution in [0.15, 0.2) is 89.1 Å². The summed E-state index contributed by atoms with van der Waals surface area (Å²) in [5.41, 5.74) is -0.464. The molecule has 1 aliphatic rings. The molecule has 0 amide bonds. The second-order valence-electron chi connectivity index (χ2n) is 5.83. The maximum absolute atomic E-state index is 13.9. The van der Waals surface area contributed by atoms with Crippen molar-refractivity contribution in [1.29, 1.82) is 0 Å². The van der Waals surface area contributed by atoms with Gasteiger partial charge < -0.3 is 0 Å². The van der Waals surface area contributed by atoms with Crippen LogP contribution in [0.4, 0.5) is 13.2 Å². The van der Waals surface area contributed by atoms with Gasteiger partial charge in [-0.1, -0.05) is 48.5 Å². The quantitative estimate of drug-likeness (QED) is 0.588. The second-order valence-corrected chi connectivity index (χ2v) is 5.83. The lowest BCUT2D eigenvalue weighted by atomic mass is 9.91. The zero-order valence-electron chi connectivity index (χ0n) is 13.4. The Kier molecular flexibility index (Phi) is 3.91. The fraction of sp³-hybridized carbons (Fsp3) is 0.105. The standard InChI is InChI=1S/C19H13F3N4/c20-16-11-19(18(21)22,25-23-16)17-15(13-7-3-1-4-8-13)12-26(24-17)14-9-5-2-6-10-14/h1-12,18H. The van der Waals surface area contributed by atoms with Gasteiger partial charge in [0.25, 0.3) is 6.43 Å². The molecule has 0 fully saturated rings. The number of nitrogens with zero attached hydrogens (tertiary/aromatic N) is 4. The normalized spacial score (nSPS) is 19.2. The maximum Gasteiger partial charge on any atom is 0.274 e. The monoisotopic (exact) mass is 354 g/mol. The number of para-hydroxylation sites is 1. The number of alkyl halides is 2. The summed E-state index contributed by atoms with van der Waals surface area (Å²) in [6, 6.07) is 18.0. The summed E-state index contributed by atoms with van der Waals surface area (Å²) in [7, 11) is 0. The van der Waals surface area contributed by atoms with Gasteiger partial charge in [0.15, 0.2) is 0 Å². The SMILES string of the molecule is FC1=CC(c2nn(-c3ccccc3)cc2-c2ccccc2)(C(F)F)N=N1. The molecule has 7 heteroatoms. The van der Waals surface area contributed by atoms with E-state index in [1.54, 1.807) is 42.6 Å². The van der Waals surface area contributed by atoms with Gasteiger partial charge in [-0.25, -0.2) is 13.5 Å². The van der Waals surface area contributed by atoms with Gasteiger partial charge in [0.2, 0.25) is 11.5 Å². The van der Waals surface area contributed by atoms with E-state index in [0.717, 1.165) is 6.08 Å². The van der Waals surface area contributed by atoms with Gasteiger partial charge in [-0.05, 0) is 17.7 Å². The van der Waals surface area contributed by atoms with E-state index < -0.39 is 17.9 Å². The van der Waals surface area contributed by atoms with Crippen molar-refractivity contribution in [3.05, 3.63) is 84.6 Å². The van der Waals surface area contributed by atoms with E-state index in [1.165, 1.54) is 4.68 Å². The first-order chi connectivity index (χ1) is 12.6. The third-order valence-electron chi connectivity index (χ3n) is 4.18.